The number of benzene rings is 1. The Balaban J connectivity index is 1.45. The van der Waals surface area contributed by atoms with E-state index in [1.807, 2.05) is 35.0 Å². The highest BCUT2D eigenvalue weighted by atomic mass is 16.5. The van der Waals surface area contributed by atoms with Gasteiger partial charge in [-0.3, -0.25) is 9.59 Å². The van der Waals surface area contributed by atoms with E-state index in [0.717, 1.165) is 11.3 Å². The van der Waals surface area contributed by atoms with E-state index in [9.17, 15) is 9.59 Å². The van der Waals surface area contributed by atoms with Gasteiger partial charge in [-0.05, 0) is 12.1 Å². The van der Waals surface area contributed by atoms with Gasteiger partial charge in [-0.15, -0.1) is 0 Å². The highest BCUT2D eigenvalue weighted by Gasteiger charge is 2.36. The zero-order chi connectivity index (χ0) is 22.0. The first-order chi connectivity index (χ1) is 15.0. The topological polar surface area (TPSA) is 94.4 Å². The Bertz CT molecular complexity index is 1070. The average molecular weight is 424 g/mol. The molecule has 1 aliphatic heterocycles. The Morgan fingerprint density at radius 3 is 2.55 bits per heavy atom. The summed E-state index contributed by atoms with van der Waals surface area (Å²) in [6.45, 7) is 0.573. The summed E-state index contributed by atoms with van der Waals surface area (Å²) in [6, 6.07) is 9.13. The Labute approximate surface area is 179 Å². The van der Waals surface area contributed by atoms with Crippen LogP contribution in [0.4, 0.5) is 5.69 Å². The van der Waals surface area contributed by atoms with E-state index in [1.165, 1.54) is 21.3 Å². The van der Waals surface area contributed by atoms with E-state index in [2.05, 4.69) is 10.3 Å². The number of aromatic nitrogens is 2. The predicted molar refractivity (Wildman–Crippen MR) is 114 cm³/mol. The van der Waals surface area contributed by atoms with Gasteiger partial charge in [0.15, 0.2) is 11.5 Å². The van der Waals surface area contributed by atoms with Crippen molar-refractivity contribution in [2.24, 2.45) is 5.92 Å². The number of carbonyl (C=O) groups excluding carboxylic acids is 2. The summed E-state index contributed by atoms with van der Waals surface area (Å²) >= 11 is 0. The van der Waals surface area contributed by atoms with Gasteiger partial charge in [0, 0.05) is 37.5 Å². The Morgan fingerprint density at radius 1 is 1.16 bits per heavy atom. The molecule has 2 aromatic heterocycles. The second-order valence-corrected chi connectivity index (χ2v) is 7.21. The minimum atomic E-state index is -0.455. The zero-order valence-corrected chi connectivity index (χ0v) is 17.6. The number of hydrogen-bond donors (Lipinski definition) is 1. The third-order valence-corrected chi connectivity index (χ3v) is 5.31. The molecular formula is C22H24N4O5. The fourth-order valence-electron chi connectivity index (χ4n) is 3.75. The van der Waals surface area contributed by atoms with Crippen molar-refractivity contribution >= 4 is 23.1 Å². The van der Waals surface area contributed by atoms with Gasteiger partial charge < -0.3 is 28.8 Å². The van der Waals surface area contributed by atoms with Gasteiger partial charge in [-0.25, -0.2) is 4.98 Å². The second kappa shape index (κ2) is 8.55. The number of pyridine rings is 1. The van der Waals surface area contributed by atoms with Crippen molar-refractivity contribution in [3.05, 3.63) is 48.4 Å². The molecule has 0 bridgehead atoms. The molecule has 2 amide bonds. The summed E-state index contributed by atoms with van der Waals surface area (Å²) in [4.78, 5) is 31.4. The molecule has 9 nitrogen and oxygen atoms in total. The summed E-state index contributed by atoms with van der Waals surface area (Å²) in [5, 5.41) is 2.89. The molecule has 0 saturated carbocycles. The summed E-state index contributed by atoms with van der Waals surface area (Å²) in [7, 11) is 4.55. The Hall–Kier alpha value is -3.75. The number of rotatable bonds is 7. The SMILES string of the molecule is COc1cc(N2CC(C(=O)NCc3cn4ccccc4n3)CC2=O)cc(OC)c1OC. The molecule has 1 aromatic carbocycles. The minimum absolute atomic E-state index is 0.133. The van der Waals surface area contributed by atoms with E-state index < -0.39 is 5.92 Å². The normalized spacial score (nSPS) is 15.9. The third-order valence-electron chi connectivity index (χ3n) is 5.31. The number of fused-ring (bicyclic) bond motifs is 1. The number of ether oxygens (including phenoxy) is 3. The summed E-state index contributed by atoms with van der Waals surface area (Å²) < 4.78 is 18.0. The molecule has 1 atom stereocenters. The van der Waals surface area contributed by atoms with Gasteiger partial charge in [0.2, 0.25) is 17.6 Å². The summed E-state index contributed by atoms with van der Waals surface area (Å²) in [5.74, 6) is 0.571. The molecule has 31 heavy (non-hydrogen) atoms. The first-order valence-electron chi connectivity index (χ1n) is 9.84. The van der Waals surface area contributed by atoms with E-state index in [-0.39, 0.29) is 24.8 Å². The molecule has 0 aliphatic carbocycles. The van der Waals surface area contributed by atoms with Crippen molar-refractivity contribution in [3.63, 3.8) is 0 Å². The van der Waals surface area contributed by atoms with Crippen molar-refractivity contribution < 1.29 is 23.8 Å². The van der Waals surface area contributed by atoms with E-state index in [4.69, 9.17) is 14.2 Å². The molecule has 1 saturated heterocycles. The number of nitrogens with zero attached hydrogens (tertiary/aromatic N) is 3. The maximum absolute atomic E-state index is 12.7. The quantitative estimate of drug-likeness (QED) is 0.624. The monoisotopic (exact) mass is 424 g/mol. The van der Waals surface area contributed by atoms with Crippen molar-refractivity contribution in [1.29, 1.82) is 0 Å². The van der Waals surface area contributed by atoms with E-state index in [1.54, 1.807) is 17.0 Å². The van der Waals surface area contributed by atoms with Crippen LogP contribution in [0.1, 0.15) is 12.1 Å². The Morgan fingerprint density at radius 2 is 1.90 bits per heavy atom. The number of anilines is 1. The van der Waals surface area contributed by atoms with Crippen LogP contribution in [0.5, 0.6) is 17.2 Å². The summed E-state index contributed by atoms with van der Waals surface area (Å²) in [6.07, 6.45) is 3.91. The van der Waals surface area contributed by atoms with Gasteiger partial charge in [0.05, 0.1) is 45.2 Å². The third kappa shape index (κ3) is 3.98. The predicted octanol–water partition coefficient (Wildman–Crippen LogP) is 2.03. The maximum Gasteiger partial charge on any atom is 0.227 e. The van der Waals surface area contributed by atoms with Gasteiger partial charge >= 0.3 is 0 Å². The lowest BCUT2D eigenvalue weighted by Crippen LogP contribution is -2.32. The summed E-state index contributed by atoms with van der Waals surface area (Å²) in [5.41, 5.74) is 2.16. The van der Waals surface area contributed by atoms with Crippen LogP contribution in [0.2, 0.25) is 0 Å². The first-order valence-corrected chi connectivity index (χ1v) is 9.84. The molecule has 1 unspecified atom stereocenters. The smallest absolute Gasteiger partial charge is 0.227 e. The van der Waals surface area contributed by atoms with Crippen LogP contribution in [-0.4, -0.2) is 49.1 Å². The molecule has 1 aliphatic rings. The highest BCUT2D eigenvalue weighted by Crippen LogP contribution is 2.42. The van der Waals surface area contributed by atoms with Crippen LogP contribution in [0.25, 0.3) is 5.65 Å². The van der Waals surface area contributed by atoms with Crippen LogP contribution in [-0.2, 0) is 16.1 Å². The first kappa shape index (κ1) is 20.5. The second-order valence-electron chi connectivity index (χ2n) is 7.21. The number of carbonyl (C=O) groups is 2. The molecule has 4 rings (SSSR count). The van der Waals surface area contributed by atoms with Crippen molar-refractivity contribution in [2.75, 3.05) is 32.8 Å². The molecule has 3 aromatic rings. The van der Waals surface area contributed by atoms with Crippen LogP contribution in [0.3, 0.4) is 0 Å². The van der Waals surface area contributed by atoms with Crippen LogP contribution in [0, 0.1) is 5.92 Å². The number of imidazole rings is 1. The average Bonchev–Trinajstić information content (AvgIpc) is 3.39. The van der Waals surface area contributed by atoms with E-state index >= 15 is 0 Å². The maximum atomic E-state index is 12.7. The lowest BCUT2D eigenvalue weighted by Gasteiger charge is -2.20. The van der Waals surface area contributed by atoms with Gasteiger partial charge in [0.25, 0.3) is 0 Å². The number of amides is 2. The number of nitrogens with one attached hydrogen (secondary N) is 1. The zero-order valence-electron chi connectivity index (χ0n) is 17.6. The highest BCUT2D eigenvalue weighted by molar-refractivity contribution is 6.00. The molecule has 9 heteroatoms. The van der Waals surface area contributed by atoms with Crippen molar-refractivity contribution in [1.82, 2.24) is 14.7 Å². The molecule has 1 fully saturated rings. The van der Waals surface area contributed by atoms with Crippen LogP contribution in [0.15, 0.2) is 42.7 Å². The standard InChI is InChI=1S/C22H24N4O5/c1-29-17-9-16(10-18(30-2)21(17)31-3)26-12-14(8-20(26)27)22(28)23-11-15-13-25-7-5-4-6-19(25)24-15/h4-7,9-10,13-14H,8,11-12H2,1-3H3,(H,23,28). The lowest BCUT2D eigenvalue weighted by atomic mass is 10.1. The molecule has 162 valence electrons. The Kier molecular flexibility index (Phi) is 5.66. The fourth-order valence-corrected chi connectivity index (χ4v) is 3.75. The largest absolute Gasteiger partial charge is 0.493 e. The van der Waals surface area contributed by atoms with Crippen molar-refractivity contribution in [2.45, 2.75) is 13.0 Å². The number of hydrogen-bond acceptors (Lipinski definition) is 6. The molecule has 0 spiro atoms. The molecule has 3 heterocycles. The fraction of sp³-hybridized carbons (Fsp3) is 0.318. The van der Waals surface area contributed by atoms with Crippen LogP contribution < -0.4 is 24.4 Å². The lowest BCUT2D eigenvalue weighted by molar-refractivity contribution is -0.126. The van der Waals surface area contributed by atoms with Gasteiger partial charge in [-0.1, -0.05) is 6.07 Å². The van der Waals surface area contributed by atoms with Gasteiger partial charge in [-0.2, -0.15) is 0 Å². The molecule has 1 N–H and O–H groups in total. The number of methoxy groups -OCH3 is 3. The van der Waals surface area contributed by atoms with E-state index in [0.29, 0.717) is 29.5 Å². The van der Waals surface area contributed by atoms with Crippen LogP contribution >= 0.6 is 0 Å². The van der Waals surface area contributed by atoms with Gasteiger partial charge in [0.1, 0.15) is 5.65 Å². The molecule has 0 radical (unpaired) electrons. The van der Waals surface area contributed by atoms with Crippen molar-refractivity contribution in [3.8, 4) is 17.2 Å². The molecular weight excluding hydrogens is 400 g/mol. The minimum Gasteiger partial charge on any atom is -0.493 e.